The first-order chi connectivity index (χ1) is 18.9. The van der Waals surface area contributed by atoms with Gasteiger partial charge < -0.3 is 9.52 Å². The van der Waals surface area contributed by atoms with Crippen LogP contribution in [-0.2, 0) is 10.5 Å². The van der Waals surface area contributed by atoms with E-state index in [1.165, 1.54) is 33.6 Å². The fourth-order valence-electron chi connectivity index (χ4n) is 4.44. The molecule has 7 nitrogen and oxygen atoms in total. The summed E-state index contributed by atoms with van der Waals surface area (Å²) < 4.78 is 6.43. The fraction of sp³-hybridized carbons (Fsp3) is 0.103. The van der Waals surface area contributed by atoms with E-state index in [-0.39, 0.29) is 16.5 Å². The van der Waals surface area contributed by atoms with Gasteiger partial charge in [-0.05, 0) is 42.3 Å². The number of hydrogen-bond acceptors (Lipinski definition) is 8. The van der Waals surface area contributed by atoms with Gasteiger partial charge in [0.05, 0.1) is 11.6 Å². The zero-order valence-corrected chi connectivity index (χ0v) is 22.9. The third-order valence-electron chi connectivity index (χ3n) is 6.35. The van der Waals surface area contributed by atoms with Gasteiger partial charge in [-0.3, -0.25) is 14.5 Å². The quantitative estimate of drug-likeness (QED) is 0.124. The first-order valence-corrected chi connectivity index (χ1v) is 14.1. The van der Waals surface area contributed by atoms with Crippen LogP contribution in [0.1, 0.15) is 33.3 Å². The molecule has 5 aromatic rings. The van der Waals surface area contributed by atoms with Crippen molar-refractivity contribution in [2.24, 2.45) is 0 Å². The molecule has 1 amide bonds. The van der Waals surface area contributed by atoms with Crippen molar-refractivity contribution in [3.05, 3.63) is 118 Å². The number of benzene rings is 3. The second-order valence-electron chi connectivity index (χ2n) is 9.00. The Labute approximate surface area is 236 Å². The molecule has 6 rings (SSSR count). The van der Waals surface area contributed by atoms with Crippen molar-refractivity contribution in [3.63, 3.8) is 0 Å². The molecule has 1 N–H and O–H groups in total. The second-order valence-corrected chi connectivity index (χ2v) is 11.6. The van der Waals surface area contributed by atoms with Gasteiger partial charge in [0.1, 0.15) is 5.58 Å². The molecule has 10 heteroatoms. The van der Waals surface area contributed by atoms with Crippen molar-refractivity contribution in [1.29, 1.82) is 0 Å². The summed E-state index contributed by atoms with van der Waals surface area (Å²) in [5, 5.41) is 21.0. The Bertz CT molecular complexity index is 1730. The normalized spacial score (nSPS) is 15.5. The van der Waals surface area contributed by atoms with Gasteiger partial charge >= 0.3 is 0 Å². The third kappa shape index (κ3) is 4.85. The lowest BCUT2D eigenvalue weighted by Gasteiger charge is -2.23. The summed E-state index contributed by atoms with van der Waals surface area (Å²) in [6.45, 7) is 2.04. The maximum absolute atomic E-state index is 13.7. The maximum Gasteiger partial charge on any atom is 0.296 e. The molecular weight excluding hydrogens is 554 g/mol. The number of fused-ring (bicyclic) bond motifs is 1. The lowest BCUT2D eigenvalue weighted by atomic mass is 9.95. The average molecular weight is 574 g/mol. The van der Waals surface area contributed by atoms with Crippen LogP contribution in [-0.4, -0.2) is 27.0 Å². The highest BCUT2D eigenvalue weighted by atomic mass is 35.5. The molecule has 2 aromatic heterocycles. The van der Waals surface area contributed by atoms with E-state index >= 15 is 0 Å². The van der Waals surface area contributed by atoms with Gasteiger partial charge in [-0.25, -0.2) is 0 Å². The SMILES string of the molecule is Cc1ccc(CSc2nnc(N3C(=O)C(O)=C(C(=O)c4cc5ccccc5o4)[C@@H]3c3cccc(Cl)c3)s2)cc1. The van der Waals surface area contributed by atoms with Crippen molar-refractivity contribution in [2.75, 3.05) is 4.90 Å². The van der Waals surface area contributed by atoms with Crippen molar-refractivity contribution in [1.82, 2.24) is 10.2 Å². The number of nitrogens with zero attached hydrogens (tertiary/aromatic N) is 3. The number of carbonyl (C=O) groups excluding carboxylic acids is 2. The van der Waals surface area contributed by atoms with Gasteiger partial charge in [0.25, 0.3) is 5.91 Å². The van der Waals surface area contributed by atoms with Crippen molar-refractivity contribution in [2.45, 2.75) is 23.1 Å². The smallest absolute Gasteiger partial charge is 0.296 e. The standard InChI is InChI=1S/C29H20ClN3O4S2/c1-16-9-11-17(12-10-16)15-38-29-32-31-28(39-29)33-24(19-6-4-7-20(30)13-19)23(26(35)27(33)36)25(34)22-14-18-5-2-3-8-21(18)37-22/h2-14,24,35H,15H2,1H3/t24-/m0/s1. The van der Waals surface area contributed by atoms with Gasteiger partial charge in [0.2, 0.25) is 10.9 Å². The van der Waals surface area contributed by atoms with Crippen molar-refractivity contribution in [3.8, 4) is 0 Å². The number of ketones is 1. The Morgan fingerprint density at radius 2 is 1.87 bits per heavy atom. The Hall–Kier alpha value is -3.92. The largest absolute Gasteiger partial charge is 0.503 e. The lowest BCUT2D eigenvalue weighted by molar-refractivity contribution is -0.117. The van der Waals surface area contributed by atoms with Gasteiger partial charge in [0.15, 0.2) is 15.9 Å². The zero-order valence-electron chi connectivity index (χ0n) is 20.5. The summed E-state index contributed by atoms with van der Waals surface area (Å²) in [5.41, 5.74) is 3.28. The molecule has 0 saturated carbocycles. The van der Waals surface area contributed by atoms with E-state index in [1.54, 1.807) is 42.5 Å². The minimum atomic E-state index is -0.972. The monoisotopic (exact) mass is 573 g/mol. The van der Waals surface area contributed by atoms with E-state index in [4.69, 9.17) is 16.0 Å². The molecule has 3 heterocycles. The van der Waals surface area contributed by atoms with Gasteiger partial charge in [-0.2, -0.15) is 0 Å². The van der Waals surface area contributed by atoms with E-state index in [0.717, 1.165) is 10.9 Å². The topological polar surface area (TPSA) is 96.5 Å². The fourth-order valence-corrected chi connectivity index (χ4v) is 6.46. The number of aliphatic hydroxyl groups is 1. The number of thioether (sulfide) groups is 1. The first-order valence-electron chi connectivity index (χ1n) is 12.0. The third-order valence-corrected chi connectivity index (χ3v) is 8.71. The van der Waals surface area contributed by atoms with Crippen LogP contribution in [0, 0.1) is 6.92 Å². The van der Waals surface area contributed by atoms with Crippen molar-refractivity contribution < 1.29 is 19.1 Å². The molecule has 1 atom stereocenters. The highest BCUT2D eigenvalue weighted by Crippen LogP contribution is 2.44. The first kappa shape index (κ1) is 25.4. The van der Waals surface area contributed by atoms with Crippen LogP contribution in [0.15, 0.2) is 99.0 Å². The van der Waals surface area contributed by atoms with Gasteiger partial charge in [-0.1, -0.05) is 94.9 Å². The maximum atomic E-state index is 13.7. The molecule has 0 saturated heterocycles. The van der Waals surface area contributed by atoms with E-state index in [0.29, 0.717) is 26.3 Å². The van der Waals surface area contributed by atoms with Gasteiger partial charge in [-0.15, -0.1) is 10.2 Å². The van der Waals surface area contributed by atoms with E-state index < -0.39 is 23.5 Å². The van der Waals surface area contributed by atoms with E-state index in [1.807, 2.05) is 19.1 Å². The van der Waals surface area contributed by atoms with E-state index in [9.17, 15) is 14.7 Å². The van der Waals surface area contributed by atoms with Crippen LogP contribution in [0.2, 0.25) is 5.02 Å². The number of rotatable bonds is 7. The molecule has 3 aromatic carbocycles. The van der Waals surface area contributed by atoms with Crippen LogP contribution >= 0.6 is 34.7 Å². The Kier molecular flexibility index (Phi) is 6.72. The Morgan fingerprint density at radius 3 is 2.64 bits per heavy atom. The number of carbonyl (C=O) groups is 2. The number of aromatic nitrogens is 2. The number of aryl methyl sites for hydroxylation is 1. The number of furan rings is 1. The van der Waals surface area contributed by atoms with Gasteiger partial charge in [0, 0.05) is 16.2 Å². The molecule has 0 unspecified atom stereocenters. The Balaban J connectivity index is 1.36. The number of amides is 1. The molecule has 1 aliphatic rings. The number of anilines is 1. The van der Waals surface area contributed by atoms with Crippen LogP contribution in [0.5, 0.6) is 0 Å². The number of hydrogen-bond donors (Lipinski definition) is 1. The molecule has 0 aliphatic carbocycles. The summed E-state index contributed by atoms with van der Waals surface area (Å²) in [6.07, 6.45) is 0. The summed E-state index contributed by atoms with van der Waals surface area (Å²) in [6, 6.07) is 22.9. The highest BCUT2D eigenvalue weighted by molar-refractivity contribution is 8.00. The molecule has 194 valence electrons. The zero-order chi connectivity index (χ0) is 27.1. The molecular formula is C29H20ClN3O4S2. The van der Waals surface area contributed by atoms with Crippen LogP contribution in [0.4, 0.5) is 5.13 Å². The van der Waals surface area contributed by atoms with E-state index in [2.05, 4.69) is 34.5 Å². The summed E-state index contributed by atoms with van der Waals surface area (Å²) in [5.74, 6) is -1.30. The van der Waals surface area contributed by atoms with Crippen molar-refractivity contribution >= 4 is 62.5 Å². The molecule has 0 radical (unpaired) electrons. The Morgan fingerprint density at radius 1 is 1.08 bits per heavy atom. The number of Topliss-reactive ketones (excluding diaryl/α,β-unsaturated/α-hetero) is 1. The predicted molar refractivity (Wildman–Crippen MR) is 153 cm³/mol. The summed E-state index contributed by atoms with van der Waals surface area (Å²) >= 11 is 9.00. The predicted octanol–water partition coefficient (Wildman–Crippen LogP) is 7.32. The number of halogens is 1. The molecule has 1 aliphatic heterocycles. The molecule has 0 bridgehead atoms. The summed E-state index contributed by atoms with van der Waals surface area (Å²) in [4.78, 5) is 28.5. The number of para-hydroxylation sites is 1. The summed E-state index contributed by atoms with van der Waals surface area (Å²) in [7, 11) is 0. The number of aliphatic hydroxyl groups excluding tert-OH is 1. The van der Waals surface area contributed by atoms with Crippen LogP contribution < -0.4 is 4.90 Å². The lowest BCUT2D eigenvalue weighted by Crippen LogP contribution is -2.31. The molecule has 39 heavy (non-hydrogen) atoms. The second kappa shape index (κ2) is 10.3. The minimum Gasteiger partial charge on any atom is -0.503 e. The average Bonchev–Trinajstić information content (AvgIpc) is 3.64. The molecule has 0 spiro atoms. The van der Waals surface area contributed by atoms with Crippen LogP contribution in [0.25, 0.3) is 11.0 Å². The molecule has 0 fully saturated rings. The highest BCUT2D eigenvalue weighted by Gasteiger charge is 2.46. The minimum absolute atomic E-state index is 0.0195. The van der Waals surface area contributed by atoms with Crippen LogP contribution in [0.3, 0.4) is 0 Å².